The van der Waals surface area contributed by atoms with E-state index in [1.807, 2.05) is 24.3 Å². The molecule has 4 nitrogen and oxygen atoms in total. The van der Waals surface area contributed by atoms with Gasteiger partial charge in [0.05, 0.1) is 5.69 Å². The number of hydrogen-bond donors (Lipinski definition) is 2. The average molecular weight is 293 g/mol. The van der Waals surface area contributed by atoms with Crippen molar-refractivity contribution in [3.63, 3.8) is 0 Å². The number of anilines is 1. The summed E-state index contributed by atoms with van der Waals surface area (Å²) in [6.07, 6.45) is 1.50. The summed E-state index contributed by atoms with van der Waals surface area (Å²) in [7, 11) is 0. The third-order valence-electron chi connectivity index (χ3n) is 2.30. The molecule has 0 aliphatic rings. The Labute approximate surface area is 106 Å². The zero-order valence-electron chi connectivity index (χ0n) is 8.72. The number of carboxylic acid groups (broad SMARTS) is 1. The molecule has 5 heteroatoms. The number of halogens is 1. The zero-order chi connectivity index (χ0) is 12.4. The van der Waals surface area contributed by atoms with Crippen LogP contribution < -0.4 is 5.73 Å². The summed E-state index contributed by atoms with van der Waals surface area (Å²) >= 11 is 3.42. The molecule has 0 fully saturated rings. The van der Waals surface area contributed by atoms with E-state index >= 15 is 0 Å². The quantitative estimate of drug-likeness (QED) is 0.892. The van der Waals surface area contributed by atoms with Crippen molar-refractivity contribution < 1.29 is 9.90 Å². The van der Waals surface area contributed by atoms with Crippen molar-refractivity contribution in [3.8, 4) is 11.1 Å². The number of aromatic carboxylic acids is 1. The minimum absolute atomic E-state index is 0.124. The first kappa shape index (κ1) is 11.6. The molecule has 2 rings (SSSR count). The fourth-order valence-corrected chi connectivity index (χ4v) is 2.02. The van der Waals surface area contributed by atoms with Gasteiger partial charge >= 0.3 is 5.97 Å². The van der Waals surface area contributed by atoms with E-state index < -0.39 is 5.97 Å². The highest BCUT2D eigenvalue weighted by Gasteiger charge is 2.11. The summed E-state index contributed by atoms with van der Waals surface area (Å²) in [4.78, 5) is 14.6. The Morgan fingerprint density at radius 2 is 2.06 bits per heavy atom. The minimum atomic E-state index is -1.12. The summed E-state index contributed by atoms with van der Waals surface area (Å²) < 4.78 is 0.907. The Balaban J connectivity index is 2.52. The fourth-order valence-electron chi connectivity index (χ4n) is 1.50. The second-order valence-corrected chi connectivity index (χ2v) is 4.30. The topological polar surface area (TPSA) is 76.2 Å². The molecule has 0 atom stereocenters. The van der Waals surface area contributed by atoms with Gasteiger partial charge in [-0.2, -0.15) is 0 Å². The molecule has 0 aliphatic carbocycles. The number of aromatic nitrogens is 1. The van der Waals surface area contributed by atoms with Gasteiger partial charge in [-0.05, 0) is 17.7 Å². The number of hydrogen-bond acceptors (Lipinski definition) is 3. The van der Waals surface area contributed by atoms with Gasteiger partial charge in [-0.25, -0.2) is 9.78 Å². The number of carbonyl (C=O) groups is 1. The highest BCUT2D eigenvalue weighted by molar-refractivity contribution is 9.10. The number of nitrogen functional groups attached to an aromatic ring is 1. The predicted octanol–water partition coefficient (Wildman–Crippen LogP) is 2.79. The van der Waals surface area contributed by atoms with Crippen LogP contribution in [0.15, 0.2) is 41.0 Å². The summed E-state index contributed by atoms with van der Waals surface area (Å²) in [6, 6.07) is 9.20. The molecule has 0 radical (unpaired) electrons. The van der Waals surface area contributed by atoms with E-state index in [0.29, 0.717) is 0 Å². The SMILES string of the molecule is Nc1cc(-c2ccccc2Br)cnc1C(=O)O. The van der Waals surface area contributed by atoms with Crippen LogP contribution in [0.3, 0.4) is 0 Å². The monoisotopic (exact) mass is 292 g/mol. The molecule has 86 valence electrons. The van der Waals surface area contributed by atoms with Crippen molar-refractivity contribution in [1.29, 1.82) is 0 Å². The highest BCUT2D eigenvalue weighted by atomic mass is 79.9. The van der Waals surface area contributed by atoms with Crippen LogP contribution in [0.25, 0.3) is 11.1 Å². The van der Waals surface area contributed by atoms with Gasteiger partial charge in [0.15, 0.2) is 5.69 Å². The first-order valence-corrected chi connectivity index (χ1v) is 5.62. The fraction of sp³-hybridized carbons (Fsp3) is 0. The van der Waals surface area contributed by atoms with E-state index in [9.17, 15) is 4.79 Å². The molecule has 0 unspecified atom stereocenters. The van der Waals surface area contributed by atoms with Crippen molar-refractivity contribution in [1.82, 2.24) is 4.98 Å². The normalized spacial score (nSPS) is 10.2. The maximum absolute atomic E-state index is 10.8. The molecule has 17 heavy (non-hydrogen) atoms. The Bertz CT molecular complexity index is 584. The molecule has 1 heterocycles. The Morgan fingerprint density at radius 1 is 1.35 bits per heavy atom. The van der Waals surface area contributed by atoms with Gasteiger partial charge in [0.25, 0.3) is 0 Å². The van der Waals surface area contributed by atoms with Gasteiger partial charge in [-0.15, -0.1) is 0 Å². The van der Waals surface area contributed by atoms with Crippen LogP contribution in [0.1, 0.15) is 10.5 Å². The van der Waals surface area contributed by atoms with Crippen LogP contribution in [0, 0.1) is 0 Å². The Kier molecular flexibility index (Phi) is 3.10. The van der Waals surface area contributed by atoms with Crippen molar-refractivity contribution in [3.05, 3.63) is 46.7 Å². The van der Waals surface area contributed by atoms with E-state index in [4.69, 9.17) is 10.8 Å². The number of pyridine rings is 1. The first-order valence-electron chi connectivity index (χ1n) is 4.83. The van der Waals surface area contributed by atoms with Crippen molar-refractivity contribution in [2.75, 3.05) is 5.73 Å². The summed E-state index contributed by atoms with van der Waals surface area (Å²) in [5.41, 5.74) is 7.38. The van der Waals surface area contributed by atoms with E-state index in [2.05, 4.69) is 20.9 Å². The van der Waals surface area contributed by atoms with Crippen molar-refractivity contribution >= 4 is 27.6 Å². The van der Waals surface area contributed by atoms with Crippen molar-refractivity contribution in [2.24, 2.45) is 0 Å². The van der Waals surface area contributed by atoms with Crippen LogP contribution >= 0.6 is 15.9 Å². The largest absolute Gasteiger partial charge is 0.476 e. The second-order valence-electron chi connectivity index (χ2n) is 3.45. The second kappa shape index (κ2) is 4.55. The summed E-state index contributed by atoms with van der Waals surface area (Å²) in [5, 5.41) is 8.83. The minimum Gasteiger partial charge on any atom is -0.476 e. The molecule has 0 aliphatic heterocycles. The van der Waals surface area contributed by atoms with Gasteiger partial charge in [0, 0.05) is 16.2 Å². The molecule has 0 spiro atoms. The van der Waals surface area contributed by atoms with Crippen molar-refractivity contribution in [2.45, 2.75) is 0 Å². The van der Waals surface area contributed by atoms with Gasteiger partial charge in [-0.3, -0.25) is 0 Å². The van der Waals surface area contributed by atoms with E-state index in [0.717, 1.165) is 15.6 Å². The maximum atomic E-state index is 10.8. The van der Waals surface area contributed by atoms with Crippen LogP contribution in [0.2, 0.25) is 0 Å². The first-order chi connectivity index (χ1) is 8.09. The smallest absolute Gasteiger partial charge is 0.356 e. The lowest BCUT2D eigenvalue weighted by Gasteiger charge is -2.06. The lowest BCUT2D eigenvalue weighted by molar-refractivity contribution is 0.0692. The summed E-state index contributed by atoms with van der Waals surface area (Å²) in [6.45, 7) is 0. The number of benzene rings is 1. The molecule has 0 amide bonds. The molecule has 1 aromatic heterocycles. The number of carboxylic acids is 1. The van der Waals surface area contributed by atoms with Gasteiger partial charge in [0.1, 0.15) is 0 Å². The van der Waals surface area contributed by atoms with Crippen LogP contribution in [0.5, 0.6) is 0 Å². The Hall–Kier alpha value is -1.88. The molecule has 0 saturated carbocycles. The Morgan fingerprint density at radius 3 is 2.65 bits per heavy atom. The third-order valence-corrected chi connectivity index (χ3v) is 3.00. The number of nitrogens with two attached hydrogens (primary N) is 1. The standard InChI is InChI=1S/C12H9BrN2O2/c13-9-4-2-1-3-8(9)7-5-10(14)11(12(16)17)15-6-7/h1-6H,14H2,(H,16,17). The van der Waals surface area contributed by atoms with Crippen LogP contribution in [-0.4, -0.2) is 16.1 Å². The van der Waals surface area contributed by atoms with E-state index in [1.165, 1.54) is 6.20 Å². The lowest BCUT2D eigenvalue weighted by atomic mass is 10.1. The van der Waals surface area contributed by atoms with E-state index in [-0.39, 0.29) is 11.4 Å². The van der Waals surface area contributed by atoms with Gasteiger partial charge in [-0.1, -0.05) is 34.1 Å². The average Bonchev–Trinajstić information content (AvgIpc) is 2.29. The highest BCUT2D eigenvalue weighted by Crippen LogP contribution is 2.29. The van der Waals surface area contributed by atoms with Gasteiger partial charge < -0.3 is 10.8 Å². The molecule has 2 aromatic rings. The molecule has 3 N–H and O–H groups in total. The maximum Gasteiger partial charge on any atom is 0.356 e. The van der Waals surface area contributed by atoms with E-state index in [1.54, 1.807) is 6.07 Å². The predicted molar refractivity (Wildman–Crippen MR) is 68.7 cm³/mol. The number of nitrogens with zero attached hydrogens (tertiary/aromatic N) is 1. The molecular formula is C12H9BrN2O2. The zero-order valence-corrected chi connectivity index (χ0v) is 10.3. The molecular weight excluding hydrogens is 284 g/mol. The lowest BCUT2D eigenvalue weighted by Crippen LogP contribution is -2.05. The van der Waals surface area contributed by atoms with Crippen LogP contribution in [-0.2, 0) is 0 Å². The molecule has 0 saturated heterocycles. The molecule has 0 bridgehead atoms. The van der Waals surface area contributed by atoms with Gasteiger partial charge in [0.2, 0.25) is 0 Å². The number of rotatable bonds is 2. The molecule has 1 aromatic carbocycles. The summed E-state index contributed by atoms with van der Waals surface area (Å²) in [5.74, 6) is -1.12. The third kappa shape index (κ3) is 2.29. The van der Waals surface area contributed by atoms with Crippen LogP contribution in [0.4, 0.5) is 5.69 Å².